The van der Waals surface area contributed by atoms with Crippen LogP contribution in [-0.2, 0) is 0 Å². The average Bonchev–Trinajstić information content (AvgIpc) is 2.77. The summed E-state index contributed by atoms with van der Waals surface area (Å²) in [5, 5.41) is 0. The van der Waals surface area contributed by atoms with Crippen molar-refractivity contribution >= 4 is 6.29 Å². The molecule has 0 N–H and O–H groups in total. The molecule has 0 aliphatic heterocycles. The minimum atomic E-state index is -2.91. The smallest absolute Gasteiger partial charge is 0.387 e. The number of para-hydroxylation sites is 1. The van der Waals surface area contributed by atoms with Gasteiger partial charge in [0, 0.05) is 0 Å². The second-order valence-corrected chi connectivity index (χ2v) is 3.19. The maximum absolute atomic E-state index is 12.2. The molecule has 0 bridgehead atoms. The number of hydrogen-bond acceptors (Lipinski definition) is 3. The molecule has 0 saturated carbocycles. The first-order chi connectivity index (χ1) is 8.20. The molecule has 0 spiro atoms. The van der Waals surface area contributed by atoms with Gasteiger partial charge in [0.1, 0.15) is 11.5 Å². The predicted molar refractivity (Wildman–Crippen MR) is 56.2 cm³/mol. The van der Waals surface area contributed by atoms with Crippen LogP contribution in [0.25, 0.3) is 11.3 Å². The van der Waals surface area contributed by atoms with Crippen molar-refractivity contribution in [2.24, 2.45) is 0 Å². The molecule has 3 nitrogen and oxygen atoms in total. The van der Waals surface area contributed by atoms with Crippen molar-refractivity contribution in [1.82, 2.24) is 0 Å². The molecule has 2 aromatic rings. The number of carbonyl (C=O) groups excluding carboxylic acids is 1. The molecule has 0 fully saturated rings. The summed E-state index contributed by atoms with van der Waals surface area (Å²) >= 11 is 0. The number of furan rings is 1. The zero-order valence-corrected chi connectivity index (χ0v) is 8.60. The molecule has 5 heteroatoms. The fraction of sp³-hybridized carbons (Fsp3) is 0.0833. The van der Waals surface area contributed by atoms with Crippen LogP contribution in [0.4, 0.5) is 8.78 Å². The van der Waals surface area contributed by atoms with Crippen molar-refractivity contribution in [3.05, 3.63) is 42.2 Å². The summed E-state index contributed by atoms with van der Waals surface area (Å²) in [6.07, 6.45) is 0.542. The van der Waals surface area contributed by atoms with Crippen LogP contribution in [-0.4, -0.2) is 12.9 Å². The quantitative estimate of drug-likeness (QED) is 0.766. The van der Waals surface area contributed by atoms with Gasteiger partial charge in [0.15, 0.2) is 12.0 Å². The normalized spacial score (nSPS) is 10.5. The topological polar surface area (TPSA) is 39.4 Å². The van der Waals surface area contributed by atoms with Gasteiger partial charge in [-0.1, -0.05) is 12.1 Å². The number of ether oxygens (including phenoxy) is 1. The van der Waals surface area contributed by atoms with E-state index in [9.17, 15) is 13.6 Å². The van der Waals surface area contributed by atoms with Crippen molar-refractivity contribution in [2.75, 3.05) is 0 Å². The lowest BCUT2D eigenvalue weighted by Gasteiger charge is -2.08. The van der Waals surface area contributed by atoms with Crippen LogP contribution < -0.4 is 4.74 Å². The SMILES string of the molecule is O=Cc1ccc(-c2ccccc2OC(F)F)o1. The summed E-state index contributed by atoms with van der Waals surface area (Å²) in [5.41, 5.74) is 0.376. The summed E-state index contributed by atoms with van der Waals surface area (Å²) in [4.78, 5) is 10.5. The number of benzene rings is 1. The van der Waals surface area contributed by atoms with Crippen LogP contribution in [0.3, 0.4) is 0 Å². The fourth-order valence-corrected chi connectivity index (χ4v) is 1.43. The molecule has 0 unspecified atom stereocenters. The van der Waals surface area contributed by atoms with E-state index in [2.05, 4.69) is 4.74 Å². The van der Waals surface area contributed by atoms with Crippen LogP contribution >= 0.6 is 0 Å². The first-order valence-corrected chi connectivity index (χ1v) is 4.80. The second kappa shape index (κ2) is 4.78. The zero-order chi connectivity index (χ0) is 12.3. The number of rotatable bonds is 4. The van der Waals surface area contributed by atoms with Crippen LogP contribution in [0.1, 0.15) is 10.6 Å². The van der Waals surface area contributed by atoms with E-state index in [-0.39, 0.29) is 11.5 Å². The van der Waals surface area contributed by atoms with Gasteiger partial charge < -0.3 is 9.15 Å². The lowest BCUT2D eigenvalue weighted by Crippen LogP contribution is -2.02. The summed E-state index contributed by atoms with van der Waals surface area (Å²) in [5.74, 6) is 0.449. The van der Waals surface area contributed by atoms with E-state index in [0.29, 0.717) is 17.6 Å². The van der Waals surface area contributed by atoms with Crippen molar-refractivity contribution in [3.63, 3.8) is 0 Å². The molecule has 1 aromatic heterocycles. The van der Waals surface area contributed by atoms with Crippen molar-refractivity contribution in [1.29, 1.82) is 0 Å². The lowest BCUT2D eigenvalue weighted by molar-refractivity contribution is -0.0495. The van der Waals surface area contributed by atoms with Gasteiger partial charge in [-0.2, -0.15) is 8.78 Å². The van der Waals surface area contributed by atoms with E-state index < -0.39 is 6.61 Å². The Kier molecular flexibility index (Phi) is 3.18. The number of hydrogen-bond donors (Lipinski definition) is 0. The van der Waals surface area contributed by atoms with Gasteiger partial charge in [-0.3, -0.25) is 4.79 Å². The third-order valence-electron chi connectivity index (χ3n) is 2.11. The first kappa shape index (κ1) is 11.3. The van der Waals surface area contributed by atoms with Gasteiger partial charge in [0.2, 0.25) is 0 Å². The fourth-order valence-electron chi connectivity index (χ4n) is 1.43. The van der Waals surface area contributed by atoms with E-state index in [1.165, 1.54) is 18.2 Å². The minimum absolute atomic E-state index is 0.00861. The van der Waals surface area contributed by atoms with Crippen molar-refractivity contribution in [2.45, 2.75) is 6.61 Å². The van der Waals surface area contributed by atoms with Gasteiger partial charge in [0.25, 0.3) is 0 Å². The molecule has 0 atom stereocenters. The van der Waals surface area contributed by atoms with Crippen molar-refractivity contribution < 1.29 is 22.7 Å². The molecule has 1 aromatic carbocycles. The summed E-state index contributed by atoms with van der Waals surface area (Å²) in [6, 6.07) is 9.20. The van der Waals surface area contributed by atoms with Gasteiger partial charge >= 0.3 is 6.61 Å². The van der Waals surface area contributed by atoms with Crippen LogP contribution in [0.2, 0.25) is 0 Å². The number of alkyl halides is 2. The van der Waals surface area contributed by atoms with Crippen molar-refractivity contribution in [3.8, 4) is 17.1 Å². The predicted octanol–water partition coefficient (Wildman–Crippen LogP) is 3.36. The molecule has 0 saturated heterocycles. The third-order valence-corrected chi connectivity index (χ3v) is 2.11. The Bertz CT molecular complexity index is 520. The Morgan fingerprint density at radius 2 is 1.94 bits per heavy atom. The second-order valence-electron chi connectivity index (χ2n) is 3.19. The summed E-state index contributed by atoms with van der Waals surface area (Å²) in [7, 11) is 0. The Hall–Kier alpha value is -2.17. The molecule has 0 aliphatic rings. The van der Waals surface area contributed by atoms with Gasteiger partial charge in [-0.25, -0.2) is 0 Å². The van der Waals surface area contributed by atoms with E-state index in [1.807, 2.05) is 0 Å². The highest BCUT2D eigenvalue weighted by atomic mass is 19.3. The Balaban J connectivity index is 2.40. The molecule has 17 heavy (non-hydrogen) atoms. The van der Waals surface area contributed by atoms with Gasteiger partial charge in [0.05, 0.1) is 5.56 Å². The highest BCUT2D eigenvalue weighted by Crippen LogP contribution is 2.31. The molecule has 0 aliphatic carbocycles. The standard InChI is InChI=1S/C12H8F2O3/c13-12(14)17-10-4-2-1-3-9(10)11-6-5-8(7-15)16-11/h1-7,12H. The first-order valence-electron chi connectivity index (χ1n) is 4.80. The van der Waals surface area contributed by atoms with Gasteiger partial charge in [-0.15, -0.1) is 0 Å². The number of carbonyl (C=O) groups is 1. The molecule has 88 valence electrons. The molecule has 0 radical (unpaired) electrons. The average molecular weight is 238 g/mol. The Morgan fingerprint density at radius 1 is 1.18 bits per heavy atom. The van der Waals surface area contributed by atoms with Gasteiger partial charge in [-0.05, 0) is 24.3 Å². The minimum Gasteiger partial charge on any atom is -0.453 e. The summed E-state index contributed by atoms with van der Waals surface area (Å²) in [6.45, 7) is -2.91. The number of aldehydes is 1. The van der Waals surface area contributed by atoms with E-state index in [0.717, 1.165) is 0 Å². The molecular weight excluding hydrogens is 230 g/mol. The summed E-state index contributed by atoms with van der Waals surface area (Å²) < 4.78 is 33.9. The van der Waals surface area contributed by atoms with Crippen LogP contribution in [0.5, 0.6) is 5.75 Å². The van der Waals surface area contributed by atoms with Crippen LogP contribution in [0.15, 0.2) is 40.8 Å². The van der Waals surface area contributed by atoms with E-state index >= 15 is 0 Å². The highest BCUT2D eigenvalue weighted by molar-refractivity contribution is 5.74. The monoisotopic (exact) mass is 238 g/mol. The van der Waals surface area contributed by atoms with Crippen LogP contribution in [0, 0.1) is 0 Å². The highest BCUT2D eigenvalue weighted by Gasteiger charge is 2.13. The molecular formula is C12H8F2O3. The molecule has 0 amide bonds. The third kappa shape index (κ3) is 2.50. The van der Waals surface area contributed by atoms with E-state index in [1.54, 1.807) is 18.2 Å². The number of halogens is 2. The largest absolute Gasteiger partial charge is 0.453 e. The maximum Gasteiger partial charge on any atom is 0.387 e. The maximum atomic E-state index is 12.2. The Labute approximate surface area is 95.6 Å². The Morgan fingerprint density at radius 3 is 2.59 bits per heavy atom. The lowest BCUT2D eigenvalue weighted by atomic mass is 10.1. The molecule has 1 heterocycles. The zero-order valence-electron chi connectivity index (χ0n) is 8.60. The molecule has 2 rings (SSSR count). The van der Waals surface area contributed by atoms with E-state index in [4.69, 9.17) is 4.42 Å².